The third-order valence-corrected chi connectivity index (χ3v) is 3.50. The highest BCUT2D eigenvalue weighted by molar-refractivity contribution is 7.15. The number of nitrogen functional groups attached to an aromatic ring is 1. The second-order valence-electron chi connectivity index (χ2n) is 3.99. The van der Waals surface area contributed by atoms with Gasteiger partial charge in [-0.1, -0.05) is 38.5 Å². The Morgan fingerprint density at radius 1 is 1.44 bits per heavy atom. The van der Waals surface area contributed by atoms with Crippen LogP contribution < -0.4 is 11.3 Å². The summed E-state index contributed by atoms with van der Waals surface area (Å²) in [6.07, 6.45) is 1.21. The zero-order valence-electron chi connectivity index (χ0n) is 10.2. The van der Waals surface area contributed by atoms with Crippen LogP contribution in [0, 0.1) is 5.92 Å². The van der Waals surface area contributed by atoms with E-state index in [2.05, 4.69) is 41.3 Å². The van der Waals surface area contributed by atoms with Crippen LogP contribution in [0.1, 0.15) is 32.2 Å². The number of hydrazine groups is 1. The smallest absolute Gasteiger partial charge is 0.219 e. The fourth-order valence-corrected chi connectivity index (χ4v) is 2.13. The van der Waals surface area contributed by atoms with Crippen LogP contribution in [-0.2, 0) is 6.54 Å². The molecule has 0 aliphatic heterocycles. The van der Waals surface area contributed by atoms with Gasteiger partial charge in [-0.3, -0.25) is 10.3 Å². The van der Waals surface area contributed by atoms with Gasteiger partial charge in [0, 0.05) is 6.54 Å². The number of hydrogen-bond acceptors (Lipinski definition) is 6. The van der Waals surface area contributed by atoms with Crippen molar-refractivity contribution in [2.24, 2.45) is 11.8 Å². The first kappa shape index (κ1) is 13.3. The molecule has 1 aromatic rings. The quantitative estimate of drug-likeness (QED) is 0.563. The van der Waals surface area contributed by atoms with Crippen molar-refractivity contribution in [3.63, 3.8) is 0 Å². The maximum atomic E-state index is 5.27. The molecule has 0 amide bonds. The topological polar surface area (TPSA) is 67.1 Å². The minimum Gasteiger partial charge on any atom is -0.298 e. The molecule has 0 saturated carbocycles. The molecule has 0 bridgehead atoms. The van der Waals surface area contributed by atoms with Gasteiger partial charge < -0.3 is 0 Å². The van der Waals surface area contributed by atoms with Gasteiger partial charge in [-0.05, 0) is 12.5 Å². The van der Waals surface area contributed by atoms with E-state index in [4.69, 9.17) is 5.84 Å². The molecule has 0 radical (unpaired) electrons. The monoisotopic (exact) mass is 243 g/mol. The van der Waals surface area contributed by atoms with E-state index in [1.807, 2.05) is 0 Å². The molecule has 0 aromatic carbocycles. The summed E-state index contributed by atoms with van der Waals surface area (Å²) in [5, 5.41) is 9.71. The Balaban J connectivity index is 2.49. The Morgan fingerprint density at radius 3 is 2.69 bits per heavy atom. The van der Waals surface area contributed by atoms with Gasteiger partial charge in [0.25, 0.3) is 0 Å². The Labute approximate surface area is 101 Å². The molecule has 6 heteroatoms. The van der Waals surface area contributed by atoms with Gasteiger partial charge in [0.05, 0.1) is 6.54 Å². The van der Waals surface area contributed by atoms with Crippen LogP contribution in [-0.4, -0.2) is 28.2 Å². The molecule has 3 N–H and O–H groups in total. The zero-order chi connectivity index (χ0) is 12.0. The fraction of sp³-hybridized carbons (Fsp3) is 0.800. The summed E-state index contributed by atoms with van der Waals surface area (Å²) >= 11 is 1.51. The zero-order valence-corrected chi connectivity index (χ0v) is 11.0. The maximum Gasteiger partial charge on any atom is 0.219 e. The van der Waals surface area contributed by atoms with Gasteiger partial charge in [0.15, 0.2) is 0 Å². The summed E-state index contributed by atoms with van der Waals surface area (Å²) in [7, 11) is 0. The maximum absolute atomic E-state index is 5.27. The molecule has 0 aliphatic rings. The number of nitrogens with one attached hydrogen (secondary N) is 1. The van der Waals surface area contributed by atoms with Crippen LogP contribution in [0.4, 0.5) is 5.13 Å². The first-order valence-electron chi connectivity index (χ1n) is 5.70. The standard InChI is InChI=1S/C10H21N5S/c1-4-8(3)6-15(5-2)7-9-13-14-10(12-11)16-9/h8H,4-7,11H2,1-3H3,(H,12,14). The highest BCUT2D eigenvalue weighted by atomic mass is 32.1. The third kappa shape index (κ3) is 4.03. The predicted molar refractivity (Wildman–Crippen MR) is 68.1 cm³/mol. The lowest BCUT2D eigenvalue weighted by molar-refractivity contribution is 0.237. The second kappa shape index (κ2) is 6.78. The van der Waals surface area contributed by atoms with Crippen molar-refractivity contribution in [1.82, 2.24) is 15.1 Å². The highest BCUT2D eigenvalue weighted by Crippen LogP contribution is 2.16. The summed E-state index contributed by atoms with van der Waals surface area (Å²) in [4.78, 5) is 2.38. The Hall–Kier alpha value is -0.720. The molecule has 1 rings (SSSR count). The molecule has 0 spiro atoms. The summed E-state index contributed by atoms with van der Waals surface area (Å²) in [5.74, 6) is 6.00. The molecule has 0 fully saturated rings. The third-order valence-electron chi connectivity index (χ3n) is 2.66. The summed E-state index contributed by atoms with van der Waals surface area (Å²) in [6, 6.07) is 0. The van der Waals surface area contributed by atoms with Gasteiger partial charge in [0.2, 0.25) is 5.13 Å². The molecular formula is C10H21N5S. The van der Waals surface area contributed by atoms with E-state index in [-0.39, 0.29) is 0 Å². The van der Waals surface area contributed by atoms with Gasteiger partial charge >= 0.3 is 0 Å². The molecule has 5 nitrogen and oxygen atoms in total. The number of nitrogens with two attached hydrogens (primary N) is 1. The molecule has 1 heterocycles. The lowest BCUT2D eigenvalue weighted by atomic mass is 10.1. The Bertz CT molecular complexity index is 301. The number of hydrogen-bond donors (Lipinski definition) is 2. The number of aromatic nitrogens is 2. The molecule has 16 heavy (non-hydrogen) atoms. The Kier molecular flexibility index (Phi) is 5.65. The van der Waals surface area contributed by atoms with Gasteiger partial charge in [-0.25, -0.2) is 5.84 Å². The van der Waals surface area contributed by atoms with Crippen molar-refractivity contribution in [1.29, 1.82) is 0 Å². The van der Waals surface area contributed by atoms with E-state index >= 15 is 0 Å². The average molecular weight is 243 g/mol. The number of nitrogens with zero attached hydrogens (tertiary/aromatic N) is 3. The van der Waals surface area contributed by atoms with Crippen molar-refractivity contribution in [3.05, 3.63) is 5.01 Å². The summed E-state index contributed by atoms with van der Waals surface area (Å²) in [5.41, 5.74) is 2.52. The molecule has 1 aromatic heterocycles. The molecule has 0 saturated heterocycles. The van der Waals surface area contributed by atoms with Crippen molar-refractivity contribution in [3.8, 4) is 0 Å². The van der Waals surface area contributed by atoms with Crippen LogP contribution in [0.3, 0.4) is 0 Å². The van der Waals surface area contributed by atoms with E-state index < -0.39 is 0 Å². The molecule has 92 valence electrons. The minimum atomic E-state index is 0.676. The van der Waals surface area contributed by atoms with Crippen molar-refractivity contribution in [2.75, 3.05) is 18.5 Å². The van der Waals surface area contributed by atoms with E-state index in [1.54, 1.807) is 0 Å². The van der Waals surface area contributed by atoms with Crippen LogP contribution in [0.25, 0.3) is 0 Å². The molecule has 1 unspecified atom stereocenters. The van der Waals surface area contributed by atoms with E-state index in [0.717, 1.165) is 30.6 Å². The number of anilines is 1. The van der Waals surface area contributed by atoms with Crippen LogP contribution in [0.2, 0.25) is 0 Å². The molecule has 1 atom stereocenters. The van der Waals surface area contributed by atoms with E-state index in [1.165, 1.54) is 17.8 Å². The second-order valence-corrected chi connectivity index (χ2v) is 5.05. The summed E-state index contributed by atoms with van der Waals surface area (Å²) in [6.45, 7) is 9.68. The molecular weight excluding hydrogens is 222 g/mol. The first-order valence-corrected chi connectivity index (χ1v) is 6.52. The van der Waals surface area contributed by atoms with E-state index in [0.29, 0.717) is 5.13 Å². The van der Waals surface area contributed by atoms with Gasteiger partial charge in [0.1, 0.15) is 5.01 Å². The normalized spacial score (nSPS) is 13.1. The van der Waals surface area contributed by atoms with Gasteiger partial charge in [-0.15, -0.1) is 10.2 Å². The van der Waals surface area contributed by atoms with Crippen molar-refractivity contribution >= 4 is 16.5 Å². The lowest BCUT2D eigenvalue weighted by Gasteiger charge is -2.22. The van der Waals surface area contributed by atoms with Crippen LogP contribution in [0.15, 0.2) is 0 Å². The first-order chi connectivity index (χ1) is 7.69. The van der Waals surface area contributed by atoms with Crippen LogP contribution >= 0.6 is 11.3 Å². The average Bonchev–Trinajstić information content (AvgIpc) is 2.75. The summed E-state index contributed by atoms with van der Waals surface area (Å²) < 4.78 is 0. The molecule has 0 aliphatic carbocycles. The number of rotatable bonds is 7. The Morgan fingerprint density at radius 2 is 2.19 bits per heavy atom. The fourth-order valence-electron chi connectivity index (χ4n) is 1.44. The largest absolute Gasteiger partial charge is 0.298 e. The lowest BCUT2D eigenvalue weighted by Crippen LogP contribution is -2.27. The van der Waals surface area contributed by atoms with Crippen molar-refractivity contribution < 1.29 is 0 Å². The highest BCUT2D eigenvalue weighted by Gasteiger charge is 2.11. The minimum absolute atomic E-state index is 0.676. The van der Waals surface area contributed by atoms with Crippen molar-refractivity contribution in [2.45, 2.75) is 33.7 Å². The van der Waals surface area contributed by atoms with E-state index in [9.17, 15) is 0 Å². The predicted octanol–water partition coefficient (Wildman–Crippen LogP) is 1.69. The van der Waals surface area contributed by atoms with Crippen LogP contribution in [0.5, 0.6) is 0 Å². The SMILES string of the molecule is CCC(C)CN(CC)Cc1nnc(NN)s1. The van der Waals surface area contributed by atoms with Gasteiger partial charge in [-0.2, -0.15) is 0 Å².